The Morgan fingerprint density at radius 2 is 2.00 bits per heavy atom. The number of allylic oxidation sites excluding steroid dienone is 5. The molecule has 0 aliphatic carbocycles. The van der Waals surface area contributed by atoms with Crippen LogP contribution in [0.3, 0.4) is 0 Å². The third-order valence-electron chi connectivity index (χ3n) is 2.11. The van der Waals surface area contributed by atoms with Crippen molar-refractivity contribution in [3.05, 3.63) is 48.3 Å². The van der Waals surface area contributed by atoms with Gasteiger partial charge in [0.2, 0.25) is 0 Å². The molecule has 84 valence electrons. The number of hydrogen-bond donors (Lipinski definition) is 0. The molecule has 0 spiro atoms. The largest absolute Gasteiger partial charge is 0.494 e. The lowest BCUT2D eigenvalue weighted by atomic mass is 10.0. The maximum absolute atomic E-state index is 5.52. The Balaban J connectivity index is 4.87. The molecule has 0 saturated carbocycles. The zero-order chi connectivity index (χ0) is 11.7. The van der Waals surface area contributed by atoms with Crippen molar-refractivity contribution in [3.8, 4) is 0 Å². The van der Waals surface area contributed by atoms with Crippen molar-refractivity contribution in [2.45, 2.75) is 33.6 Å². The van der Waals surface area contributed by atoms with Crippen molar-refractivity contribution in [2.24, 2.45) is 0 Å². The second kappa shape index (κ2) is 8.10. The molecule has 0 aromatic carbocycles. The lowest BCUT2D eigenvalue weighted by Gasteiger charge is -2.10. The van der Waals surface area contributed by atoms with E-state index in [0.717, 1.165) is 24.2 Å². The molecule has 1 nitrogen and oxygen atoms in total. The van der Waals surface area contributed by atoms with Crippen molar-refractivity contribution >= 4 is 0 Å². The lowest BCUT2D eigenvalue weighted by molar-refractivity contribution is 0.239. The molecule has 1 heteroatoms. The standard InChI is InChI=1S/C14H22O/c1-6-10-13(11-12(5)7-2)14(8-3)15-9-4/h6,8,10H,3,5,7,9,11H2,1-2,4H3/b10-6-,14-13-. The third kappa shape index (κ3) is 5.26. The topological polar surface area (TPSA) is 9.23 Å². The zero-order valence-electron chi connectivity index (χ0n) is 10.2. The van der Waals surface area contributed by atoms with E-state index in [1.165, 1.54) is 5.57 Å². The quantitative estimate of drug-likeness (QED) is 0.341. The van der Waals surface area contributed by atoms with Crippen LogP contribution in [0.15, 0.2) is 48.3 Å². The van der Waals surface area contributed by atoms with Crippen molar-refractivity contribution in [3.63, 3.8) is 0 Å². The molecule has 0 heterocycles. The van der Waals surface area contributed by atoms with Crippen LogP contribution in [0.1, 0.15) is 33.6 Å². The summed E-state index contributed by atoms with van der Waals surface area (Å²) in [5, 5.41) is 0. The van der Waals surface area contributed by atoms with E-state index in [1.807, 2.05) is 19.9 Å². The number of hydrogen-bond acceptors (Lipinski definition) is 1. The van der Waals surface area contributed by atoms with Crippen LogP contribution in [0.25, 0.3) is 0 Å². The molecule has 0 rings (SSSR count). The predicted octanol–water partition coefficient (Wildman–Crippen LogP) is 4.40. The second-order valence-corrected chi connectivity index (χ2v) is 3.31. The first-order valence-corrected chi connectivity index (χ1v) is 5.47. The van der Waals surface area contributed by atoms with Crippen LogP contribution in [0.4, 0.5) is 0 Å². The summed E-state index contributed by atoms with van der Waals surface area (Å²) < 4.78 is 5.52. The molecular formula is C14H22O. The molecule has 0 saturated heterocycles. The van der Waals surface area contributed by atoms with Crippen LogP contribution in [0, 0.1) is 0 Å². The average Bonchev–Trinajstić information content (AvgIpc) is 2.25. The van der Waals surface area contributed by atoms with Gasteiger partial charge in [0.25, 0.3) is 0 Å². The Bertz CT molecular complexity index is 269. The Hall–Kier alpha value is -1.24. The van der Waals surface area contributed by atoms with Crippen molar-refractivity contribution < 1.29 is 4.74 Å². The van der Waals surface area contributed by atoms with E-state index >= 15 is 0 Å². The first kappa shape index (κ1) is 13.8. The Morgan fingerprint density at radius 1 is 1.33 bits per heavy atom. The molecule has 15 heavy (non-hydrogen) atoms. The summed E-state index contributed by atoms with van der Waals surface area (Å²) >= 11 is 0. The third-order valence-corrected chi connectivity index (χ3v) is 2.11. The molecule has 0 aliphatic heterocycles. The summed E-state index contributed by atoms with van der Waals surface area (Å²) in [7, 11) is 0. The summed E-state index contributed by atoms with van der Waals surface area (Å²) in [5.41, 5.74) is 2.36. The minimum Gasteiger partial charge on any atom is -0.494 e. The van der Waals surface area contributed by atoms with Crippen LogP contribution < -0.4 is 0 Å². The summed E-state index contributed by atoms with van der Waals surface area (Å²) in [6.45, 7) is 14.5. The number of ether oxygens (including phenoxy) is 1. The minimum absolute atomic E-state index is 0.668. The molecule has 0 amide bonds. The van der Waals surface area contributed by atoms with Crippen LogP contribution in [-0.4, -0.2) is 6.61 Å². The average molecular weight is 206 g/mol. The van der Waals surface area contributed by atoms with Crippen molar-refractivity contribution in [1.29, 1.82) is 0 Å². The normalized spacial score (nSPS) is 12.5. The van der Waals surface area contributed by atoms with E-state index < -0.39 is 0 Å². The van der Waals surface area contributed by atoms with Gasteiger partial charge in [-0.25, -0.2) is 0 Å². The SMILES string of the molecule is C=C/C(OCC)=C(\C=C/C)CC(=C)CC. The summed E-state index contributed by atoms with van der Waals surface area (Å²) in [4.78, 5) is 0. The summed E-state index contributed by atoms with van der Waals surface area (Å²) in [5.74, 6) is 0.866. The smallest absolute Gasteiger partial charge is 0.122 e. The van der Waals surface area contributed by atoms with Gasteiger partial charge in [-0.05, 0) is 38.3 Å². The summed E-state index contributed by atoms with van der Waals surface area (Å²) in [6.07, 6.45) is 7.70. The Kier molecular flexibility index (Phi) is 7.43. The van der Waals surface area contributed by atoms with Crippen LogP contribution in [-0.2, 0) is 4.74 Å². The molecule has 0 aromatic rings. The van der Waals surface area contributed by atoms with E-state index in [-0.39, 0.29) is 0 Å². The fraction of sp³-hybridized carbons (Fsp3) is 0.429. The Labute approximate surface area is 93.8 Å². The van der Waals surface area contributed by atoms with Gasteiger partial charge in [0, 0.05) is 0 Å². The maximum atomic E-state index is 5.52. The lowest BCUT2D eigenvalue weighted by Crippen LogP contribution is -1.95. The van der Waals surface area contributed by atoms with E-state index in [4.69, 9.17) is 4.74 Å². The van der Waals surface area contributed by atoms with Crippen LogP contribution >= 0.6 is 0 Å². The van der Waals surface area contributed by atoms with Gasteiger partial charge in [0.15, 0.2) is 0 Å². The molecule has 0 bridgehead atoms. The van der Waals surface area contributed by atoms with Gasteiger partial charge in [-0.3, -0.25) is 0 Å². The van der Waals surface area contributed by atoms with Crippen molar-refractivity contribution in [1.82, 2.24) is 0 Å². The molecular weight excluding hydrogens is 184 g/mol. The maximum Gasteiger partial charge on any atom is 0.122 e. The van der Waals surface area contributed by atoms with Gasteiger partial charge in [0.1, 0.15) is 5.76 Å². The highest BCUT2D eigenvalue weighted by Gasteiger charge is 2.03. The highest BCUT2D eigenvalue weighted by Crippen LogP contribution is 2.19. The van der Waals surface area contributed by atoms with Crippen molar-refractivity contribution in [2.75, 3.05) is 6.61 Å². The van der Waals surface area contributed by atoms with Gasteiger partial charge in [0.05, 0.1) is 6.61 Å². The molecule has 0 unspecified atom stereocenters. The monoisotopic (exact) mass is 206 g/mol. The minimum atomic E-state index is 0.668. The first-order valence-electron chi connectivity index (χ1n) is 5.47. The van der Waals surface area contributed by atoms with Gasteiger partial charge in [-0.15, -0.1) is 0 Å². The molecule has 0 aliphatic rings. The zero-order valence-corrected chi connectivity index (χ0v) is 10.2. The Morgan fingerprint density at radius 3 is 2.40 bits per heavy atom. The van der Waals surface area contributed by atoms with Gasteiger partial charge >= 0.3 is 0 Å². The van der Waals surface area contributed by atoms with Crippen LogP contribution in [0.2, 0.25) is 0 Å². The van der Waals surface area contributed by atoms with E-state index in [1.54, 1.807) is 6.08 Å². The highest BCUT2D eigenvalue weighted by atomic mass is 16.5. The summed E-state index contributed by atoms with van der Waals surface area (Å²) in [6, 6.07) is 0. The second-order valence-electron chi connectivity index (χ2n) is 3.31. The van der Waals surface area contributed by atoms with E-state index in [2.05, 4.69) is 26.2 Å². The van der Waals surface area contributed by atoms with Gasteiger partial charge in [-0.2, -0.15) is 0 Å². The molecule has 0 aromatic heterocycles. The fourth-order valence-electron chi connectivity index (χ4n) is 1.26. The highest BCUT2D eigenvalue weighted by molar-refractivity contribution is 5.31. The predicted molar refractivity (Wildman–Crippen MR) is 67.7 cm³/mol. The van der Waals surface area contributed by atoms with E-state index in [0.29, 0.717) is 6.61 Å². The van der Waals surface area contributed by atoms with Gasteiger partial charge in [-0.1, -0.05) is 37.8 Å². The van der Waals surface area contributed by atoms with Crippen LogP contribution in [0.5, 0.6) is 0 Å². The number of rotatable bonds is 7. The molecule has 0 N–H and O–H groups in total. The van der Waals surface area contributed by atoms with Gasteiger partial charge < -0.3 is 4.74 Å². The molecule has 0 radical (unpaired) electrons. The molecule has 0 fully saturated rings. The van der Waals surface area contributed by atoms with E-state index in [9.17, 15) is 0 Å². The molecule has 0 atom stereocenters. The fourth-order valence-corrected chi connectivity index (χ4v) is 1.26. The first-order chi connectivity index (χ1) is 7.19.